The highest BCUT2D eigenvalue weighted by Gasteiger charge is 2.32. The van der Waals surface area contributed by atoms with Crippen LogP contribution < -0.4 is 4.90 Å². The zero-order chi connectivity index (χ0) is 15.8. The molecule has 3 heterocycles. The van der Waals surface area contributed by atoms with E-state index in [1.165, 1.54) is 10.8 Å². The normalized spacial score (nSPS) is 18.2. The maximum absolute atomic E-state index is 5.54. The molecule has 1 aliphatic rings. The molecule has 0 saturated carbocycles. The Hall–Kier alpha value is -2.43. The van der Waals surface area contributed by atoms with Crippen molar-refractivity contribution in [2.45, 2.75) is 38.6 Å². The van der Waals surface area contributed by atoms with Crippen molar-refractivity contribution in [3.05, 3.63) is 48.2 Å². The number of hydrogen-bond donors (Lipinski definition) is 0. The summed E-state index contributed by atoms with van der Waals surface area (Å²) in [7, 11) is 0. The molecule has 23 heavy (non-hydrogen) atoms. The van der Waals surface area contributed by atoms with E-state index in [-0.39, 0.29) is 12.0 Å². The highest BCUT2D eigenvalue weighted by molar-refractivity contribution is 5.92. The summed E-state index contributed by atoms with van der Waals surface area (Å²) < 4.78 is 5.54. The molecule has 2 aromatic heterocycles. The van der Waals surface area contributed by atoms with Crippen molar-refractivity contribution in [1.29, 1.82) is 0 Å². The largest absolute Gasteiger partial charge is 0.344 e. The third kappa shape index (κ3) is 2.46. The molecule has 118 valence electrons. The van der Waals surface area contributed by atoms with Crippen LogP contribution in [0.25, 0.3) is 10.8 Å². The zero-order valence-corrected chi connectivity index (χ0v) is 13.4. The van der Waals surface area contributed by atoms with Crippen LogP contribution in [0.15, 0.2) is 41.1 Å². The second-order valence-corrected chi connectivity index (χ2v) is 6.35. The molecular weight excluding hydrogens is 288 g/mol. The first-order chi connectivity index (χ1) is 11.2. The topological polar surface area (TPSA) is 55.1 Å². The van der Waals surface area contributed by atoms with Crippen LogP contribution >= 0.6 is 0 Å². The number of aromatic nitrogens is 3. The van der Waals surface area contributed by atoms with Gasteiger partial charge in [0.25, 0.3) is 0 Å². The van der Waals surface area contributed by atoms with Gasteiger partial charge in [0.15, 0.2) is 5.82 Å². The van der Waals surface area contributed by atoms with Crippen molar-refractivity contribution in [3.8, 4) is 0 Å². The average molecular weight is 308 g/mol. The highest BCUT2D eigenvalue weighted by Crippen LogP contribution is 2.37. The van der Waals surface area contributed by atoms with Crippen LogP contribution in [-0.2, 0) is 0 Å². The molecule has 0 bridgehead atoms. The van der Waals surface area contributed by atoms with Gasteiger partial charge in [0.05, 0.1) is 0 Å². The second kappa shape index (κ2) is 5.65. The van der Waals surface area contributed by atoms with Gasteiger partial charge in [0.2, 0.25) is 5.89 Å². The molecule has 0 spiro atoms. The minimum absolute atomic E-state index is 0.119. The number of anilines is 1. The van der Waals surface area contributed by atoms with Crippen molar-refractivity contribution >= 4 is 16.6 Å². The number of pyridine rings is 1. The van der Waals surface area contributed by atoms with E-state index in [0.717, 1.165) is 31.0 Å². The van der Waals surface area contributed by atoms with Crippen LogP contribution in [0.3, 0.4) is 0 Å². The maximum atomic E-state index is 5.54. The van der Waals surface area contributed by atoms with Gasteiger partial charge in [-0.2, -0.15) is 4.98 Å². The van der Waals surface area contributed by atoms with Crippen LogP contribution in [0.1, 0.15) is 50.4 Å². The van der Waals surface area contributed by atoms with E-state index < -0.39 is 0 Å². The third-order valence-corrected chi connectivity index (χ3v) is 4.44. The lowest BCUT2D eigenvalue weighted by Crippen LogP contribution is -2.24. The summed E-state index contributed by atoms with van der Waals surface area (Å²) in [4.78, 5) is 11.5. The summed E-state index contributed by atoms with van der Waals surface area (Å²) in [6.45, 7) is 5.12. The van der Waals surface area contributed by atoms with E-state index in [1.54, 1.807) is 0 Å². The van der Waals surface area contributed by atoms with Gasteiger partial charge in [-0.15, -0.1) is 0 Å². The molecule has 1 saturated heterocycles. The second-order valence-electron chi connectivity index (χ2n) is 6.35. The lowest BCUT2D eigenvalue weighted by molar-refractivity contribution is 0.349. The molecule has 0 aliphatic carbocycles. The standard InChI is InChI=1S/C18H20N4O/c1-12(2)16-20-18(23-21-16)15-8-5-11-22(15)17-14-7-4-3-6-13(14)9-10-19-17/h3-4,6-7,9-10,12,15H,5,8,11H2,1-2H3/t15-/m0/s1. The molecular formula is C18H20N4O. The van der Waals surface area contributed by atoms with E-state index in [4.69, 9.17) is 4.52 Å². The Labute approximate surface area is 135 Å². The van der Waals surface area contributed by atoms with Crippen LogP contribution in [0.4, 0.5) is 5.82 Å². The van der Waals surface area contributed by atoms with Crippen molar-refractivity contribution in [1.82, 2.24) is 15.1 Å². The molecule has 1 aliphatic heterocycles. The van der Waals surface area contributed by atoms with E-state index in [0.29, 0.717) is 5.89 Å². The Morgan fingerprint density at radius 2 is 2.09 bits per heavy atom. The zero-order valence-electron chi connectivity index (χ0n) is 13.4. The van der Waals surface area contributed by atoms with E-state index in [9.17, 15) is 0 Å². The first-order valence-corrected chi connectivity index (χ1v) is 8.18. The fourth-order valence-electron chi connectivity index (χ4n) is 3.23. The average Bonchev–Trinajstić information content (AvgIpc) is 3.23. The van der Waals surface area contributed by atoms with Gasteiger partial charge >= 0.3 is 0 Å². The molecule has 4 rings (SSSR count). The molecule has 5 heteroatoms. The minimum atomic E-state index is 0.119. The van der Waals surface area contributed by atoms with Gasteiger partial charge in [0.1, 0.15) is 11.9 Å². The number of fused-ring (bicyclic) bond motifs is 1. The predicted molar refractivity (Wildman–Crippen MR) is 89.5 cm³/mol. The molecule has 1 fully saturated rings. The van der Waals surface area contributed by atoms with Gasteiger partial charge in [-0.05, 0) is 24.3 Å². The quantitative estimate of drug-likeness (QED) is 0.729. The lowest BCUT2D eigenvalue weighted by atomic mass is 10.1. The molecule has 0 radical (unpaired) electrons. The highest BCUT2D eigenvalue weighted by atomic mass is 16.5. The van der Waals surface area contributed by atoms with Gasteiger partial charge < -0.3 is 9.42 Å². The Morgan fingerprint density at radius 1 is 1.22 bits per heavy atom. The Balaban J connectivity index is 1.74. The van der Waals surface area contributed by atoms with Crippen molar-refractivity contribution < 1.29 is 4.52 Å². The number of benzene rings is 1. The molecule has 5 nitrogen and oxygen atoms in total. The minimum Gasteiger partial charge on any atom is -0.344 e. The third-order valence-electron chi connectivity index (χ3n) is 4.44. The smallest absolute Gasteiger partial charge is 0.249 e. The van der Waals surface area contributed by atoms with Crippen molar-refractivity contribution in [2.24, 2.45) is 0 Å². The van der Waals surface area contributed by atoms with E-state index in [2.05, 4.69) is 58.1 Å². The summed E-state index contributed by atoms with van der Waals surface area (Å²) in [5.41, 5.74) is 0. The summed E-state index contributed by atoms with van der Waals surface area (Å²) >= 11 is 0. The number of hydrogen-bond acceptors (Lipinski definition) is 5. The summed E-state index contributed by atoms with van der Waals surface area (Å²) in [5.74, 6) is 2.77. The Bertz CT molecular complexity index is 821. The predicted octanol–water partition coefficient (Wildman–Crippen LogP) is 4.08. The first-order valence-electron chi connectivity index (χ1n) is 8.18. The van der Waals surface area contributed by atoms with Crippen LogP contribution in [0, 0.1) is 0 Å². The fraction of sp³-hybridized carbons (Fsp3) is 0.389. The molecule has 0 amide bonds. The van der Waals surface area contributed by atoms with E-state index in [1.807, 2.05) is 12.3 Å². The summed E-state index contributed by atoms with van der Waals surface area (Å²) in [6, 6.07) is 10.5. The maximum Gasteiger partial charge on any atom is 0.249 e. The van der Waals surface area contributed by atoms with Crippen LogP contribution in [-0.4, -0.2) is 21.7 Å². The molecule has 1 aromatic carbocycles. The van der Waals surface area contributed by atoms with Crippen LogP contribution in [0.5, 0.6) is 0 Å². The number of rotatable bonds is 3. The van der Waals surface area contributed by atoms with Gasteiger partial charge in [-0.3, -0.25) is 0 Å². The Kier molecular flexibility index (Phi) is 3.48. The van der Waals surface area contributed by atoms with Gasteiger partial charge in [-0.1, -0.05) is 43.3 Å². The van der Waals surface area contributed by atoms with Crippen molar-refractivity contribution in [3.63, 3.8) is 0 Å². The Morgan fingerprint density at radius 3 is 2.91 bits per heavy atom. The van der Waals surface area contributed by atoms with E-state index >= 15 is 0 Å². The summed E-state index contributed by atoms with van der Waals surface area (Å²) in [5, 5.41) is 6.49. The number of nitrogens with zero attached hydrogens (tertiary/aromatic N) is 4. The summed E-state index contributed by atoms with van der Waals surface area (Å²) in [6.07, 6.45) is 4.00. The monoisotopic (exact) mass is 308 g/mol. The molecule has 3 aromatic rings. The van der Waals surface area contributed by atoms with Gasteiger partial charge in [-0.25, -0.2) is 4.98 Å². The van der Waals surface area contributed by atoms with Crippen molar-refractivity contribution in [2.75, 3.05) is 11.4 Å². The molecule has 1 atom stereocenters. The lowest BCUT2D eigenvalue weighted by Gasteiger charge is -2.24. The SMILES string of the molecule is CC(C)c1noc([C@@H]2CCCN2c2nccc3ccccc23)n1. The van der Waals surface area contributed by atoms with Crippen LogP contribution in [0.2, 0.25) is 0 Å². The molecule has 0 N–H and O–H groups in total. The fourth-order valence-corrected chi connectivity index (χ4v) is 3.23. The molecule has 0 unspecified atom stereocenters. The first kappa shape index (κ1) is 14.2. The van der Waals surface area contributed by atoms with Gasteiger partial charge in [0, 0.05) is 24.0 Å².